The largest absolute Gasteiger partial charge is 0.424 e. The van der Waals surface area contributed by atoms with Crippen LogP contribution in [0, 0.1) is 0 Å². The van der Waals surface area contributed by atoms with Gasteiger partial charge in [0.1, 0.15) is 5.75 Å². The second-order valence-electron chi connectivity index (χ2n) is 4.61. The number of para-hydroxylation sites is 1. The van der Waals surface area contributed by atoms with Gasteiger partial charge in [0.05, 0.1) is 0 Å². The first-order valence-electron chi connectivity index (χ1n) is 6.67. The number of amides is 1. The minimum absolute atomic E-state index is 0.281. The molecule has 1 amide bonds. The standard InChI is InChI=1S/C17H13N3O2/c18-16(21)13-8-6-12(7-9-13)14-10-19-17(20-11-14)22-15-4-2-1-3-5-15/h1-11H,(H2,18,21). The van der Waals surface area contributed by atoms with E-state index < -0.39 is 5.91 Å². The molecule has 0 fully saturated rings. The smallest absolute Gasteiger partial charge is 0.321 e. The first-order chi connectivity index (χ1) is 10.7. The van der Waals surface area contributed by atoms with Crippen molar-refractivity contribution in [3.05, 3.63) is 72.6 Å². The molecule has 108 valence electrons. The van der Waals surface area contributed by atoms with Gasteiger partial charge in [-0.2, -0.15) is 0 Å². The van der Waals surface area contributed by atoms with Gasteiger partial charge in [-0.3, -0.25) is 4.79 Å². The molecule has 3 rings (SSSR count). The highest BCUT2D eigenvalue weighted by molar-refractivity contribution is 5.93. The van der Waals surface area contributed by atoms with Crippen molar-refractivity contribution in [1.29, 1.82) is 0 Å². The number of rotatable bonds is 4. The van der Waals surface area contributed by atoms with Crippen LogP contribution in [0.1, 0.15) is 10.4 Å². The van der Waals surface area contributed by atoms with E-state index in [9.17, 15) is 4.79 Å². The summed E-state index contributed by atoms with van der Waals surface area (Å²) in [6.45, 7) is 0. The zero-order valence-electron chi connectivity index (χ0n) is 11.6. The van der Waals surface area contributed by atoms with Gasteiger partial charge in [-0.05, 0) is 29.8 Å². The third-order valence-electron chi connectivity index (χ3n) is 3.08. The highest BCUT2D eigenvalue weighted by atomic mass is 16.5. The third kappa shape index (κ3) is 3.09. The number of nitrogens with two attached hydrogens (primary N) is 1. The topological polar surface area (TPSA) is 78.1 Å². The van der Waals surface area contributed by atoms with Gasteiger partial charge >= 0.3 is 6.01 Å². The molecule has 3 aromatic rings. The average Bonchev–Trinajstić information content (AvgIpc) is 2.57. The number of carbonyl (C=O) groups is 1. The second-order valence-corrected chi connectivity index (χ2v) is 4.61. The number of aromatic nitrogens is 2. The fraction of sp³-hybridized carbons (Fsp3) is 0. The maximum atomic E-state index is 11.0. The van der Waals surface area contributed by atoms with Crippen molar-refractivity contribution < 1.29 is 9.53 Å². The molecule has 0 radical (unpaired) electrons. The molecule has 5 heteroatoms. The Morgan fingerprint density at radius 3 is 2.09 bits per heavy atom. The third-order valence-corrected chi connectivity index (χ3v) is 3.08. The molecular weight excluding hydrogens is 278 g/mol. The molecule has 0 unspecified atom stereocenters. The van der Waals surface area contributed by atoms with E-state index >= 15 is 0 Å². The minimum atomic E-state index is -0.450. The normalized spacial score (nSPS) is 10.2. The van der Waals surface area contributed by atoms with Crippen molar-refractivity contribution in [1.82, 2.24) is 9.97 Å². The van der Waals surface area contributed by atoms with Crippen LogP contribution in [0.5, 0.6) is 11.8 Å². The summed E-state index contributed by atoms with van der Waals surface area (Å²) in [6.07, 6.45) is 3.34. The van der Waals surface area contributed by atoms with Crippen LogP contribution in [0.2, 0.25) is 0 Å². The molecule has 0 spiro atoms. The Balaban J connectivity index is 1.77. The van der Waals surface area contributed by atoms with Gasteiger partial charge in [0, 0.05) is 23.5 Å². The van der Waals surface area contributed by atoms with Gasteiger partial charge in [-0.25, -0.2) is 9.97 Å². The van der Waals surface area contributed by atoms with E-state index in [-0.39, 0.29) is 6.01 Å². The summed E-state index contributed by atoms with van der Waals surface area (Å²) in [5, 5.41) is 0. The highest BCUT2D eigenvalue weighted by Crippen LogP contribution is 2.21. The van der Waals surface area contributed by atoms with Crippen LogP contribution in [0.3, 0.4) is 0 Å². The molecule has 0 atom stereocenters. The maximum absolute atomic E-state index is 11.0. The summed E-state index contributed by atoms with van der Waals surface area (Å²) in [7, 11) is 0. The molecule has 2 aromatic carbocycles. The lowest BCUT2D eigenvalue weighted by molar-refractivity contribution is 0.100. The second kappa shape index (κ2) is 6.05. The molecule has 22 heavy (non-hydrogen) atoms. The summed E-state index contributed by atoms with van der Waals surface area (Å²) in [5.41, 5.74) is 7.41. The maximum Gasteiger partial charge on any atom is 0.321 e. The summed E-state index contributed by atoms with van der Waals surface area (Å²) < 4.78 is 5.54. The van der Waals surface area contributed by atoms with E-state index in [0.29, 0.717) is 11.3 Å². The lowest BCUT2D eigenvalue weighted by Gasteiger charge is -2.05. The number of hydrogen-bond donors (Lipinski definition) is 1. The zero-order valence-corrected chi connectivity index (χ0v) is 11.6. The summed E-state index contributed by atoms with van der Waals surface area (Å²) in [6, 6.07) is 16.6. The Bertz CT molecular complexity index is 769. The van der Waals surface area contributed by atoms with Gasteiger partial charge in [0.2, 0.25) is 5.91 Å². The van der Waals surface area contributed by atoms with E-state index in [1.165, 1.54) is 0 Å². The van der Waals surface area contributed by atoms with Crippen molar-refractivity contribution in [2.75, 3.05) is 0 Å². The van der Waals surface area contributed by atoms with Crippen molar-refractivity contribution in [3.8, 4) is 22.9 Å². The predicted octanol–water partition coefficient (Wildman–Crippen LogP) is 3.03. The van der Waals surface area contributed by atoms with Crippen molar-refractivity contribution in [2.24, 2.45) is 5.73 Å². The number of primary amides is 1. The first kappa shape index (κ1) is 13.8. The molecule has 5 nitrogen and oxygen atoms in total. The molecule has 0 aliphatic rings. The quantitative estimate of drug-likeness (QED) is 0.801. The number of ether oxygens (including phenoxy) is 1. The van der Waals surface area contributed by atoms with E-state index in [2.05, 4.69) is 9.97 Å². The lowest BCUT2D eigenvalue weighted by atomic mass is 10.1. The molecule has 1 aromatic heterocycles. The molecule has 2 N–H and O–H groups in total. The number of benzene rings is 2. The average molecular weight is 291 g/mol. The molecule has 0 saturated carbocycles. The number of carbonyl (C=O) groups excluding carboxylic acids is 1. The summed E-state index contributed by atoms with van der Waals surface area (Å²) in [5.74, 6) is 0.232. The van der Waals surface area contributed by atoms with Gasteiger partial charge in [0.15, 0.2) is 0 Å². The van der Waals surface area contributed by atoms with Gasteiger partial charge in [-0.1, -0.05) is 30.3 Å². The first-order valence-corrected chi connectivity index (χ1v) is 6.67. The van der Waals surface area contributed by atoms with Gasteiger partial charge < -0.3 is 10.5 Å². The Hall–Kier alpha value is -3.21. The Morgan fingerprint density at radius 1 is 0.864 bits per heavy atom. The van der Waals surface area contributed by atoms with E-state index in [4.69, 9.17) is 10.5 Å². The molecular formula is C17H13N3O2. The fourth-order valence-electron chi connectivity index (χ4n) is 1.94. The lowest BCUT2D eigenvalue weighted by Crippen LogP contribution is -2.10. The number of nitrogens with zero attached hydrogens (tertiary/aromatic N) is 2. The fourth-order valence-corrected chi connectivity index (χ4v) is 1.94. The zero-order chi connectivity index (χ0) is 15.4. The monoisotopic (exact) mass is 291 g/mol. The van der Waals surface area contributed by atoms with Crippen LogP contribution < -0.4 is 10.5 Å². The van der Waals surface area contributed by atoms with Gasteiger partial charge in [-0.15, -0.1) is 0 Å². The number of hydrogen-bond acceptors (Lipinski definition) is 4. The highest BCUT2D eigenvalue weighted by Gasteiger charge is 2.04. The summed E-state index contributed by atoms with van der Waals surface area (Å²) >= 11 is 0. The van der Waals surface area contributed by atoms with Crippen LogP contribution >= 0.6 is 0 Å². The van der Waals surface area contributed by atoms with E-state index in [1.807, 2.05) is 30.3 Å². The van der Waals surface area contributed by atoms with Crippen molar-refractivity contribution >= 4 is 5.91 Å². The predicted molar refractivity (Wildman–Crippen MR) is 82.5 cm³/mol. The summed E-state index contributed by atoms with van der Waals surface area (Å²) in [4.78, 5) is 19.4. The van der Waals surface area contributed by atoms with Crippen LogP contribution in [-0.2, 0) is 0 Å². The Labute approximate surface area is 127 Å². The van der Waals surface area contributed by atoms with E-state index in [0.717, 1.165) is 11.1 Å². The van der Waals surface area contributed by atoms with Crippen molar-refractivity contribution in [2.45, 2.75) is 0 Å². The minimum Gasteiger partial charge on any atom is -0.424 e. The van der Waals surface area contributed by atoms with Gasteiger partial charge in [0.25, 0.3) is 0 Å². The van der Waals surface area contributed by atoms with Crippen LogP contribution in [-0.4, -0.2) is 15.9 Å². The Kier molecular flexibility index (Phi) is 3.78. The molecule has 1 heterocycles. The van der Waals surface area contributed by atoms with Crippen LogP contribution in [0.15, 0.2) is 67.0 Å². The van der Waals surface area contributed by atoms with E-state index in [1.54, 1.807) is 36.7 Å². The molecule has 0 bridgehead atoms. The van der Waals surface area contributed by atoms with Crippen LogP contribution in [0.25, 0.3) is 11.1 Å². The molecule has 0 aliphatic heterocycles. The SMILES string of the molecule is NC(=O)c1ccc(-c2cnc(Oc3ccccc3)nc2)cc1. The van der Waals surface area contributed by atoms with Crippen LogP contribution in [0.4, 0.5) is 0 Å². The van der Waals surface area contributed by atoms with Crippen molar-refractivity contribution in [3.63, 3.8) is 0 Å². The Morgan fingerprint density at radius 2 is 1.50 bits per heavy atom. The molecule has 0 aliphatic carbocycles. The molecule has 0 saturated heterocycles.